The Morgan fingerprint density at radius 3 is 2.81 bits per heavy atom. The Bertz CT molecular complexity index is 1210. The van der Waals surface area contributed by atoms with Crippen LogP contribution in [0.1, 0.15) is 24.8 Å². The van der Waals surface area contributed by atoms with E-state index in [2.05, 4.69) is 21.3 Å². The summed E-state index contributed by atoms with van der Waals surface area (Å²) in [5.41, 5.74) is 3.57. The minimum atomic E-state index is 0.443. The van der Waals surface area contributed by atoms with E-state index in [0.29, 0.717) is 43.9 Å². The van der Waals surface area contributed by atoms with E-state index in [4.69, 9.17) is 23.9 Å². The first kappa shape index (κ1) is 25.0. The Balaban J connectivity index is 1.38. The van der Waals surface area contributed by atoms with Crippen LogP contribution in [0.3, 0.4) is 0 Å². The summed E-state index contributed by atoms with van der Waals surface area (Å²) in [5, 5.41) is 3.33. The molecule has 5 rings (SSSR count). The third-order valence-corrected chi connectivity index (χ3v) is 6.48. The molecule has 2 aromatic carbocycles. The smallest absolute Gasteiger partial charge is 0.227 e. The normalized spacial score (nSPS) is 16.2. The predicted molar refractivity (Wildman–Crippen MR) is 144 cm³/mol. The zero-order chi connectivity index (χ0) is 25.3. The van der Waals surface area contributed by atoms with Gasteiger partial charge in [-0.05, 0) is 74.8 Å². The van der Waals surface area contributed by atoms with Crippen LogP contribution < -0.4 is 19.5 Å². The minimum Gasteiger partial charge on any atom is -0.493 e. The van der Waals surface area contributed by atoms with Crippen molar-refractivity contribution in [2.24, 2.45) is 0 Å². The second-order valence-electron chi connectivity index (χ2n) is 9.10. The van der Waals surface area contributed by atoms with E-state index in [0.717, 1.165) is 54.3 Å². The SMILES string of the molecule is COc1ccc2cc1OCCC=CCOCc1cc(ccc1OCCN1CCCC1)Nc1nccc-2n1. The molecule has 2 aliphatic rings. The van der Waals surface area contributed by atoms with E-state index >= 15 is 0 Å². The van der Waals surface area contributed by atoms with Gasteiger partial charge in [0.15, 0.2) is 11.5 Å². The number of likely N-dealkylation sites (tertiary alicyclic amines) is 1. The number of nitrogens with one attached hydrogen (secondary N) is 1. The van der Waals surface area contributed by atoms with Crippen molar-refractivity contribution in [3.63, 3.8) is 0 Å². The number of fused-ring (bicyclic) bond motifs is 7. The molecule has 0 unspecified atom stereocenters. The number of methoxy groups -OCH3 is 1. The fourth-order valence-corrected chi connectivity index (χ4v) is 4.52. The third kappa shape index (κ3) is 6.78. The van der Waals surface area contributed by atoms with E-state index in [-0.39, 0.29) is 0 Å². The van der Waals surface area contributed by atoms with Gasteiger partial charge in [-0.25, -0.2) is 9.97 Å². The summed E-state index contributed by atoms with van der Waals surface area (Å²) < 4.78 is 23.6. The number of nitrogens with zero attached hydrogens (tertiary/aromatic N) is 3. The second-order valence-corrected chi connectivity index (χ2v) is 9.10. The van der Waals surface area contributed by atoms with Gasteiger partial charge in [0.05, 0.1) is 32.6 Å². The number of rotatable bonds is 5. The summed E-state index contributed by atoms with van der Waals surface area (Å²) in [4.78, 5) is 11.6. The van der Waals surface area contributed by atoms with Gasteiger partial charge in [-0.2, -0.15) is 0 Å². The molecule has 1 fully saturated rings. The van der Waals surface area contributed by atoms with Gasteiger partial charge >= 0.3 is 0 Å². The highest BCUT2D eigenvalue weighted by molar-refractivity contribution is 5.66. The lowest BCUT2D eigenvalue weighted by atomic mass is 10.1. The summed E-state index contributed by atoms with van der Waals surface area (Å²) in [6.07, 6.45) is 9.16. The minimum absolute atomic E-state index is 0.443. The largest absolute Gasteiger partial charge is 0.493 e. The number of hydrogen-bond acceptors (Lipinski definition) is 8. The fraction of sp³-hybridized carbons (Fsp3) is 0.379. The topological polar surface area (TPSA) is 78.0 Å². The van der Waals surface area contributed by atoms with E-state index in [1.807, 2.05) is 48.5 Å². The molecule has 0 atom stereocenters. The molecule has 2 aliphatic heterocycles. The van der Waals surface area contributed by atoms with Gasteiger partial charge in [0.1, 0.15) is 12.4 Å². The van der Waals surface area contributed by atoms with Crippen LogP contribution >= 0.6 is 0 Å². The molecule has 0 radical (unpaired) electrons. The van der Waals surface area contributed by atoms with Gasteiger partial charge in [0.25, 0.3) is 0 Å². The highest BCUT2D eigenvalue weighted by Gasteiger charge is 2.13. The van der Waals surface area contributed by atoms with Crippen LogP contribution in [0.15, 0.2) is 60.8 Å². The van der Waals surface area contributed by atoms with Gasteiger partial charge in [0.2, 0.25) is 5.95 Å². The maximum Gasteiger partial charge on any atom is 0.227 e. The van der Waals surface area contributed by atoms with Crippen LogP contribution in [-0.2, 0) is 11.3 Å². The Morgan fingerprint density at radius 2 is 1.92 bits per heavy atom. The highest BCUT2D eigenvalue weighted by atomic mass is 16.5. The molecule has 0 aliphatic carbocycles. The Labute approximate surface area is 218 Å². The zero-order valence-corrected chi connectivity index (χ0v) is 21.3. The molecule has 3 aromatic rings. The quantitative estimate of drug-likeness (QED) is 0.476. The van der Waals surface area contributed by atoms with E-state index in [1.54, 1.807) is 13.3 Å². The van der Waals surface area contributed by atoms with E-state index < -0.39 is 0 Å². The van der Waals surface area contributed by atoms with Gasteiger partial charge in [0, 0.05) is 29.6 Å². The Kier molecular flexibility index (Phi) is 8.50. The number of benzene rings is 2. The molecular formula is C29H34N4O4. The molecule has 0 amide bonds. The summed E-state index contributed by atoms with van der Waals surface area (Å²) in [6.45, 7) is 5.41. The lowest BCUT2D eigenvalue weighted by Gasteiger charge is -2.17. The average Bonchev–Trinajstić information content (AvgIpc) is 3.44. The predicted octanol–water partition coefficient (Wildman–Crippen LogP) is 5.23. The van der Waals surface area contributed by atoms with Crippen molar-refractivity contribution in [1.29, 1.82) is 0 Å². The van der Waals surface area contributed by atoms with Crippen LogP contribution in [0.2, 0.25) is 0 Å². The molecule has 8 nitrogen and oxygen atoms in total. The zero-order valence-electron chi connectivity index (χ0n) is 21.3. The molecular weight excluding hydrogens is 468 g/mol. The Morgan fingerprint density at radius 1 is 1.03 bits per heavy atom. The lowest BCUT2D eigenvalue weighted by Crippen LogP contribution is -2.25. The number of hydrogen-bond donors (Lipinski definition) is 1. The molecule has 1 aromatic heterocycles. The summed E-state index contributed by atoms with van der Waals surface area (Å²) in [6, 6.07) is 13.7. The van der Waals surface area contributed by atoms with Gasteiger partial charge < -0.3 is 24.3 Å². The fourth-order valence-electron chi connectivity index (χ4n) is 4.52. The standard InChI is InChI=1S/C29H34N4O4/c1-34-27-9-7-22-20-28(27)36-17-6-2-5-16-35-21-23-19-24(31-29-30-12-11-25(22)32-29)8-10-26(23)37-18-15-33-13-3-4-14-33/h2,5,7-12,19-20H,3-4,6,13-18,21H2,1H3,(H,30,31,32). The maximum atomic E-state index is 6.18. The molecule has 194 valence electrons. The average molecular weight is 503 g/mol. The van der Waals surface area contributed by atoms with Crippen LogP contribution in [0, 0.1) is 0 Å². The van der Waals surface area contributed by atoms with Crippen molar-refractivity contribution in [3.05, 3.63) is 66.4 Å². The Hall–Kier alpha value is -3.62. The number of anilines is 2. The first-order chi connectivity index (χ1) is 18.3. The van der Waals surface area contributed by atoms with E-state index in [9.17, 15) is 0 Å². The molecule has 1 saturated heterocycles. The van der Waals surface area contributed by atoms with Crippen molar-refractivity contribution in [2.75, 3.05) is 51.9 Å². The second kappa shape index (κ2) is 12.6. The van der Waals surface area contributed by atoms with Crippen molar-refractivity contribution in [3.8, 4) is 28.5 Å². The van der Waals surface area contributed by atoms with Crippen molar-refractivity contribution < 1.29 is 18.9 Å². The summed E-state index contributed by atoms with van der Waals surface area (Å²) in [7, 11) is 1.64. The first-order valence-electron chi connectivity index (χ1n) is 12.9. The van der Waals surface area contributed by atoms with Crippen LogP contribution in [0.5, 0.6) is 17.2 Å². The molecule has 37 heavy (non-hydrogen) atoms. The molecule has 0 saturated carbocycles. The van der Waals surface area contributed by atoms with Crippen molar-refractivity contribution >= 4 is 11.6 Å². The van der Waals surface area contributed by atoms with Gasteiger partial charge in [-0.15, -0.1) is 0 Å². The third-order valence-electron chi connectivity index (χ3n) is 6.48. The van der Waals surface area contributed by atoms with Crippen LogP contribution in [0.25, 0.3) is 11.3 Å². The summed E-state index contributed by atoms with van der Waals surface area (Å²) >= 11 is 0. The molecule has 6 bridgehead atoms. The maximum absolute atomic E-state index is 6.18. The molecule has 3 heterocycles. The monoisotopic (exact) mass is 502 g/mol. The lowest BCUT2D eigenvalue weighted by molar-refractivity contribution is 0.144. The van der Waals surface area contributed by atoms with Crippen LogP contribution in [-0.4, -0.2) is 61.4 Å². The number of ether oxygens (including phenoxy) is 4. The van der Waals surface area contributed by atoms with Crippen LogP contribution in [0.4, 0.5) is 11.6 Å². The summed E-state index contributed by atoms with van der Waals surface area (Å²) in [5.74, 6) is 2.73. The first-order valence-corrected chi connectivity index (χ1v) is 12.9. The van der Waals surface area contributed by atoms with E-state index in [1.165, 1.54) is 12.8 Å². The van der Waals surface area contributed by atoms with Crippen molar-refractivity contribution in [2.45, 2.75) is 25.9 Å². The van der Waals surface area contributed by atoms with Gasteiger partial charge in [-0.3, -0.25) is 4.90 Å². The molecule has 8 heteroatoms. The van der Waals surface area contributed by atoms with Crippen molar-refractivity contribution in [1.82, 2.24) is 14.9 Å². The molecule has 0 spiro atoms. The van der Waals surface area contributed by atoms with Gasteiger partial charge in [-0.1, -0.05) is 12.2 Å². The highest BCUT2D eigenvalue weighted by Crippen LogP contribution is 2.33. The molecule has 1 N–H and O–H groups in total. The number of aromatic nitrogens is 2.